The van der Waals surface area contributed by atoms with Gasteiger partial charge in [-0.1, -0.05) is 13.8 Å². The van der Waals surface area contributed by atoms with Gasteiger partial charge in [-0.2, -0.15) is 0 Å². The number of hydrogen-bond donors (Lipinski definition) is 2. The molecule has 1 aromatic rings. The minimum absolute atomic E-state index is 0.0898. The van der Waals surface area contributed by atoms with Crippen molar-refractivity contribution in [2.45, 2.75) is 20.8 Å². The van der Waals surface area contributed by atoms with Gasteiger partial charge in [0.25, 0.3) is 0 Å². The summed E-state index contributed by atoms with van der Waals surface area (Å²) in [6.07, 6.45) is 0. The van der Waals surface area contributed by atoms with E-state index in [4.69, 9.17) is 4.74 Å². The lowest BCUT2D eigenvalue weighted by atomic mass is 9.99. The van der Waals surface area contributed by atoms with Crippen molar-refractivity contribution in [2.24, 2.45) is 5.92 Å². The standard InChI is InChI=1S/C12H14O5/c1-6(2)12(16)11-9(15)4-8(14)5-10(11)17-7(3)13/h4-6,14-15H,1-3H3. The second kappa shape index (κ2) is 4.86. The molecule has 5 nitrogen and oxygen atoms in total. The van der Waals surface area contributed by atoms with Crippen LogP contribution in [0.3, 0.4) is 0 Å². The van der Waals surface area contributed by atoms with Crippen LogP contribution >= 0.6 is 0 Å². The average Bonchev–Trinajstić information content (AvgIpc) is 2.14. The Morgan fingerprint density at radius 3 is 2.29 bits per heavy atom. The Hall–Kier alpha value is -2.04. The second-order valence-electron chi connectivity index (χ2n) is 3.95. The van der Waals surface area contributed by atoms with E-state index in [2.05, 4.69) is 0 Å². The first-order valence-corrected chi connectivity index (χ1v) is 5.11. The van der Waals surface area contributed by atoms with Crippen molar-refractivity contribution in [3.8, 4) is 17.2 Å². The molecule has 0 saturated carbocycles. The minimum atomic E-state index is -0.632. The van der Waals surface area contributed by atoms with Gasteiger partial charge in [-0.3, -0.25) is 9.59 Å². The third-order valence-corrected chi connectivity index (χ3v) is 2.09. The summed E-state index contributed by atoms with van der Waals surface area (Å²) in [7, 11) is 0. The molecule has 0 bridgehead atoms. The molecule has 5 heteroatoms. The molecular weight excluding hydrogens is 224 g/mol. The lowest BCUT2D eigenvalue weighted by molar-refractivity contribution is -0.131. The first kappa shape index (κ1) is 13.0. The lowest BCUT2D eigenvalue weighted by Gasteiger charge is -2.12. The third kappa shape index (κ3) is 2.96. The van der Waals surface area contributed by atoms with Crippen LogP contribution in [-0.4, -0.2) is 22.0 Å². The number of esters is 1. The minimum Gasteiger partial charge on any atom is -0.508 e. The highest BCUT2D eigenvalue weighted by atomic mass is 16.5. The molecule has 0 saturated heterocycles. The predicted molar refractivity (Wildman–Crippen MR) is 60.2 cm³/mol. The average molecular weight is 238 g/mol. The number of hydrogen-bond acceptors (Lipinski definition) is 5. The van der Waals surface area contributed by atoms with Gasteiger partial charge >= 0.3 is 5.97 Å². The molecular formula is C12H14O5. The maximum atomic E-state index is 11.8. The number of Topliss-reactive ketones (excluding diaryl/α,β-unsaturated/α-hetero) is 1. The van der Waals surface area contributed by atoms with Crippen LogP contribution < -0.4 is 4.74 Å². The van der Waals surface area contributed by atoms with Crippen LogP contribution in [0.5, 0.6) is 17.2 Å². The molecule has 0 heterocycles. The van der Waals surface area contributed by atoms with E-state index < -0.39 is 11.7 Å². The van der Waals surface area contributed by atoms with Gasteiger partial charge in [-0.25, -0.2) is 0 Å². The van der Waals surface area contributed by atoms with Crippen LogP contribution in [0, 0.1) is 5.92 Å². The molecule has 0 atom stereocenters. The lowest BCUT2D eigenvalue weighted by Crippen LogP contribution is -2.12. The molecule has 0 radical (unpaired) electrons. The van der Waals surface area contributed by atoms with E-state index in [1.165, 1.54) is 6.92 Å². The number of phenolic OH excluding ortho intramolecular Hbond substituents is 2. The Balaban J connectivity index is 3.34. The molecule has 0 spiro atoms. The SMILES string of the molecule is CC(=O)Oc1cc(O)cc(O)c1C(=O)C(C)C. The Bertz CT molecular complexity index is 462. The number of carbonyl (C=O) groups is 2. The number of ketones is 1. The van der Waals surface area contributed by atoms with Crippen molar-refractivity contribution in [1.82, 2.24) is 0 Å². The normalized spacial score (nSPS) is 10.4. The van der Waals surface area contributed by atoms with E-state index in [0.29, 0.717) is 0 Å². The number of ether oxygens (including phenoxy) is 1. The van der Waals surface area contributed by atoms with Gasteiger partial charge in [0.1, 0.15) is 22.8 Å². The monoisotopic (exact) mass is 238 g/mol. The summed E-state index contributed by atoms with van der Waals surface area (Å²) in [5, 5.41) is 18.9. The quantitative estimate of drug-likeness (QED) is 0.477. The van der Waals surface area contributed by atoms with Crippen LogP contribution in [0.4, 0.5) is 0 Å². The Kier molecular flexibility index (Phi) is 3.73. The first-order valence-electron chi connectivity index (χ1n) is 5.11. The van der Waals surface area contributed by atoms with Crippen molar-refractivity contribution >= 4 is 11.8 Å². The number of aromatic hydroxyl groups is 2. The van der Waals surface area contributed by atoms with Gasteiger partial charge in [0.15, 0.2) is 5.78 Å². The highest BCUT2D eigenvalue weighted by Crippen LogP contribution is 2.34. The molecule has 1 aromatic carbocycles. The first-order chi connectivity index (χ1) is 7.82. The summed E-state index contributed by atoms with van der Waals surface area (Å²) in [4.78, 5) is 22.7. The summed E-state index contributed by atoms with van der Waals surface area (Å²) >= 11 is 0. The van der Waals surface area contributed by atoms with Gasteiger partial charge in [-0.15, -0.1) is 0 Å². The summed E-state index contributed by atoms with van der Waals surface area (Å²) in [5.74, 6) is -2.17. The van der Waals surface area contributed by atoms with Gasteiger partial charge in [0, 0.05) is 25.0 Å². The van der Waals surface area contributed by atoms with Crippen LogP contribution in [0.25, 0.3) is 0 Å². The van der Waals surface area contributed by atoms with Crippen LogP contribution in [0.2, 0.25) is 0 Å². The van der Waals surface area contributed by atoms with Crippen LogP contribution in [0.15, 0.2) is 12.1 Å². The van der Waals surface area contributed by atoms with Crippen LogP contribution in [-0.2, 0) is 4.79 Å². The highest BCUT2D eigenvalue weighted by Gasteiger charge is 2.22. The van der Waals surface area contributed by atoms with E-state index in [-0.39, 0.29) is 28.8 Å². The fraction of sp³-hybridized carbons (Fsp3) is 0.333. The van der Waals surface area contributed by atoms with Gasteiger partial charge in [-0.05, 0) is 0 Å². The third-order valence-electron chi connectivity index (χ3n) is 2.09. The largest absolute Gasteiger partial charge is 0.508 e. The number of phenols is 2. The Labute approximate surface area is 98.6 Å². The Morgan fingerprint density at radius 2 is 1.82 bits per heavy atom. The van der Waals surface area contributed by atoms with E-state index >= 15 is 0 Å². The zero-order valence-corrected chi connectivity index (χ0v) is 9.85. The fourth-order valence-electron chi connectivity index (χ4n) is 1.36. The summed E-state index contributed by atoms with van der Waals surface area (Å²) in [6.45, 7) is 4.49. The molecule has 0 aliphatic heterocycles. The van der Waals surface area contributed by atoms with E-state index in [9.17, 15) is 19.8 Å². The van der Waals surface area contributed by atoms with Gasteiger partial charge in [0.05, 0.1) is 0 Å². The predicted octanol–water partition coefficient (Wildman–Crippen LogP) is 1.86. The van der Waals surface area contributed by atoms with E-state index in [0.717, 1.165) is 12.1 Å². The maximum Gasteiger partial charge on any atom is 0.308 e. The molecule has 0 aliphatic carbocycles. The zero-order chi connectivity index (χ0) is 13.2. The zero-order valence-electron chi connectivity index (χ0n) is 9.85. The van der Waals surface area contributed by atoms with Crippen molar-refractivity contribution in [3.63, 3.8) is 0 Å². The molecule has 92 valence electrons. The van der Waals surface area contributed by atoms with E-state index in [1.54, 1.807) is 13.8 Å². The van der Waals surface area contributed by atoms with Gasteiger partial charge < -0.3 is 14.9 Å². The van der Waals surface area contributed by atoms with Crippen molar-refractivity contribution in [1.29, 1.82) is 0 Å². The van der Waals surface area contributed by atoms with E-state index in [1.807, 2.05) is 0 Å². The fourth-order valence-corrected chi connectivity index (χ4v) is 1.36. The van der Waals surface area contributed by atoms with Crippen molar-refractivity contribution < 1.29 is 24.5 Å². The molecule has 2 N–H and O–H groups in total. The maximum absolute atomic E-state index is 11.8. The molecule has 0 fully saturated rings. The summed E-state index contributed by atoms with van der Waals surface area (Å²) in [5.41, 5.74) is -0.0898. The molecule has 0 aliphatic rings. The molecule has 0 amide bonds. The summed E-state index contributed by atoms with van der Waals surface area (Å²) < 4.78 is 4.80. The second-order valence-corrected chi connectivity index (χ2v) is 3.95. The molecule has 17 heavy (non-hydrogen) atoms. The van der Waals surface area contributed by atoms with Crippen molar-refractivity contribution in [3.05, 3.63) is 17.7 Å². The van der Waals surface area contributed by atoms with Gasteiger partial charge in [0.2, 0.25) is 0 Å². The molecule has 1 rings (SSSR count). The number of rotatable bonds is 3. The topological polar surface area (TPSA) is 83.8 Å². The Morgan fingerprint density at radius 1 is 1.24 bits per heavy atom. The molecule has 0 aromatic heterocycles. The molecule has 0 unspecified atom stereocenters. The number of benzene rings is 1. The smallest absolute Gasteiger partial charge is 0.308 e. The van der Waals surface area contributed by atoms with Crippen LogP contribution in [0.1, 0.15) is 31.1 Å². The highest BCUT2D eigenvalue weighted by molar-refractivity contribution is 6.03. The van der Waals surface area contributed by atoms with Crippen molar-refractivity contribution in [2.75, 3.05) is 0 Å². The number of carbonyl (C=O) groups excluding carboxylic acids is 2. The summed E-state index contributed by atoms with van der Waals surface area (Å²) in [6, 6.07) is 2.15.